The van der Waals surface area contributed by atoms with Crippen LogP contribution in [0.3, 0.4) is 0 Å². The summed E-state index contributed by atoms with van der Waals surface area (Å²) in [6, 6.07) is 5.44. The molecule has 4 heteroatoms. The van der Waals surface area contributed by atoms with Crippen molar-refractivity contribution in [3.63, 3.8) is 0 Å². The van der Waals surface area contributed by atoms with Crippen LogP contribution in [0.4, 0.5) is 5.69 Å². The number of ether oxygens (including phenoxy) is 1. The van der Waals surface area contributed by atoms with Crippen molar-refractivity contribution in [1.29, 1.82) is 0 Å². The largest absolute Gasteiger partial charge is 0.486 e. The lowest BCUT2D eigenvalue weighted by Crippen LogP contribution is -2.19. The van der Waals surface area contributed by atoms with Crippen LogP contribution in [0.15, 0.2) is 18.2 Å². The van der Waals surface area contributed by atoms with Crippen LogP contribution in [0.1, 0.15) is 12.0 Å². The molecule has 1 aromatic rings. The van der Waals surface area contributed by atoms with E-state index in [9.17, 15) is 9.59 Å². The predicted octanol–water partition coefficient (Wildman–Crippen LogP) is 1.15. The summed E-state index contributed by atoms with van der Waals surface area (Å²) in [5.41, 5.74) is 1.76. The first-order valence-corrected chi connectivity index (χ1v) is 4.79. The zero-order valence-electron chi connectivity index (χ0n) is 8.16. The number of hydrogen-bond acceptors (Lipinski definition) is 3. The van der Waals surface area contributed by atoms with Gasteiger partial charge in [-0.3, -0.25) is 9.59 Å². The highest BCUT2D eigenvalue weighted by atomic mass is 16.5. The third-order valence-electron chi connectivity index (χ3n) is 2.32. The summed E-state index contributed by atoms with van der Waals surface area (Å²) in [6.07, 6.45) is 1.84. The van der Waals surface area contributed by atoms with Crippen molar-refractivity contribution >= 4 is 17.9 Å². The Kier molecular flexibility index (Phi) is 2.67. The van der Waals surface area contributed by atoms with E-state index in [2.05, 4.69) is 5.32 Å². The van der Waals surface area contributed by atoms with Crippen LogP contribution in [0.5, 0.6) is 5.75 Å². The zero-order valence-corrected chi connectivity index (χ0v) is 8.16. The molecule has 0 fully saturated rings. The molecule has 0 bridgehead atoms. The van der Waals surface area contributed by atoms with Crippen LogP contribution >= 0.6 is 0 Å². The Balaban J connectivity index is 2.28. The SMILES string of the molecule is O=CCOc1cccc2c1CCC(=O)N2. The molecule has 1 aliphatic heterocycles. The average Bonchev–Trinajstić information content (AvgIpc) is 2.25. The standard InChI is InChI=1S/C11H11NO3/c13-6-7-15-10-3-1-2-9-8(10)4-5-11(14)12-9/h1-3,6H,4-5,7H2,(H,12,14). The Morgan fingerprint density at radius 2 is 2.27 bits per heavy atom. The molecule has 0 aliphatic carbocycles. The van der Waals surface area contributed by atoms with Crippen molar-refractivity contribution in [1.82, 2.24) is 0 Å². The molecule has 0 unspecified atom stereocenters. The number of amides is 1. The monoisotopic (exact) mass is 205 g/mol. The van der Waals surface area contributed by atoms with Crippen molar-refractivity contribution in [2.75, 3.05) is 11.9 Å². The van der Waals surface area contributed by atoms with Crippen molar-refractivity contribution in [3.8, 4) is 5.75 Å². The van der Waals surface area contributed by atoms with Gasteiger partial charge in [0.2, 0.25) is 5.91 Å². The smallest absolute Gasteiger partial charge is 0.224 e. The van der Waals surface area contributed by atoms with E-state index < -0.39 is 0 Å². The van der Waals surface area contributed by atoms with Crippen molar-refractivity contribution in [2.24, 2.45) is 0 Å². The topological polar surface area (TPSA) is 55.4 Å². The normalized spacial score (nSPS) is 14.0. The lowest BCUT2D eigenvalue weighted by atomic mass is 10.0. The van der Waals surface area contributed by atoms with Crippen molar-refractivity contribution in [3.05, 3.63) is 23.8 Å². The van der Waals surface area contributed by atoms with E-state index in [1.54, 1.807) is 12.1 Å². The van der Waals surface area contributed by atoms with E-state index in [1.807, 2.05) is 6.07 Å². The molecule has 1 heterocycles. The molecule has 78 valence electrons. The lowest BCUT2D eigenvalue weighted by molar-refractivity contribution is -0.116. The molecule has 1 N–H and O–H groups in total. The molecule has 1 aliphatic rings. The van der Waals surface area contributed by atoms with Gasteiger partial charge in [0.15, 0.2) is 6.29 Å². The van der Waals surface area contributed by atoms with Gasteiger partial charge in [-0.1, -0.05) is 6.07 Å². The Bertz CT molecular complexity index is 401. The molecule has 2 rings (SSSR count). The number of nitrogens with one attached hydrogen (secondary N) is 1. The van der Waals surface area contributed by atoms with E-state index >= 15 is 0 Å². The van der Waals surface area contributed by atoms with Crippen LogP contribution in [0.25, 0.3) is 0 Å². The van der Waals surface area contributed by atoms with Crippen LogP contribution in [-0.2, 0) is 16.0 Å². The van der Waals surface area contributed by atoms with Gasteiger partial charge in [0.1, 0.15) is 12.4 Å². The molecule has 0 saturated heterocycles. The van der Waals surface area contributed by atoms with Crippen LogP contribution in [0.2, 0.25) is 0 Å². The number of aldehydes is 1. The van der Waals surface area contributed by atoms with Crippen LogP contribution < -0.4 is 10.1 Å². The molecule has 0 aromatic heterocycles. The second kappa shape index (κ2) is 4.13. The van der Waals surface area contributed by atoms with E-state index in [1.165, 1.54) is 0 Å². The minimum atomic E-state index is 0.0232. The van der Waals surface area contributed by atoms with Gasteiger partial charge in [0.05, 0.1) is 0 Å². The second-order valence-electron chi connectivity index (χ2n) is 3.31. The fraction of sp³-hybridized carbons (Fsp3) is 0.273. The Morgan fingerprint density at radius 3 is 3.07 bits per heavy atom. The molecule has 1 aromatic carbocycles. The lowest BCUT2D eigenvalue weighted by Gasteiger charge is -2.19. The maximum atomic E-state index is 11.1. The van der Waals surface area contributed by atoms with Crippen LogP contribution in [-0.4, -0.2) is 18.8 Å². The third-order valence-corrected chi connectivity index (χ3v) is 2.32. The van der Waals surface area contributed by atoms with Gasteiger partial charge in [0.25, 0.3) is 0 Å². The minimum absolute atomic E-state index is 0.0232. The number of rotatable bonds is 3. The summed E-state index contributed by atoms with van der Waals surface area (Å²) in [4.78, 5) is 21.3. The number of hydrogen-bond donors (Lipinski definition) is 1. The zero-order chi connectivity index (χ0) is 10.7. The number of anilines is 1. The molecule has 0 radical (unpaired) electrons. The van der Waals surface area contributed by atoms with Gasteiger partial charge in [0, 0.05) is 17.7 Å². The molecule has 0 saturated carbocycles. The Morgan fingerprint density at radius 1 is 1.40 bits per heavy atom. The molecule has 1 amide bonds. The van der Waals surface area contributed by atoms with Gasteiger partial charge in [-0.05, 0) is 18.6 Å². The molecule has 0 spiro atoms. The highest BCUT2D eigenvalue weighted by Crippen LogP contribution is 2.30. The van der Waals surface area contributed by atoms with Gasteiger partial charge in [-0.15, -0.1) is 0 Å². The molecule has 0 atom stereocenters. The fourth-order valence-electron chi connectivity index (χ4n) is 1.65. The first kappa shape index (κ1) is 9.71. The highest BCUT2D eigenvalue weighted by Gasteiger charge is 2.17. The minimum Gasteiger partial charge on any atom is -0.486 e. The number of benzene rings is 1. The quantitative estimate of drug-likeness (QED) is 0.753. The molecule has 4 nitrogen and oxygen atoms in total. The van der Waals surface area contributed by atoms with Gasteiger partial charge in [-0.2, -0.15) is 0 Å². The van der Waals surface area contributed by atoms with E-state index in [4.69, 9.17) is 4.74 Å². The maximum Gasteiger partial charge on any atom is 0.224 e. The van der Waals surface area contributed by atoms with E-state index in [0.29, 0.717) is 24.9 Å². The summed E-state index contributed by atoms with van der Waals surface area (Å²) in [7, 11) is 0. The number of carbonyl (C=O) groups is 2. The summed E-state index contributed by atoms with van der Waals surface area (Å²) < 4.78 is 5.27. The highest BCUT2D eigenvalue weighted by molar-refractivity contribution is 5.94. The maximum absolute atomic E-state index is 11.1. The van der Waals surface area contributed by atoms with E-state index in [0.717, 1.165) is 11.3 Å². The predicted molar refractivity (Wildman–Crippen MR) is 55.0 cm³/mol. The first-order chi connectivity index (χ1) is 7.31. The first-order valence-electron chi connectivity index (χ1n) is 4.79. The Labute approximate surface area is 87.2 Å². The fourth-order valence-corrected chi connectivity index (χ4v) is 1.65. The van der Waals surface area contributed by atoms with Crippen molar-refractivity contribution < 1.29 is 14.3 Å². The van der Waals surface area contributed by atoms with Crippen molar-refractivity contribution in [2.45, 2.75) is 12.8 Å². The molecular formula is C11H11NO3. The second-order valence-corrected chi connectivity index (χ2v) is 3.31. The van der Waals surface area contributed by atoms with E-state index in [-0.39, 0.29) is 12.5 Å². The summed E-state index contributed by atoms with van der Waals surface area (Å²) >= 11 is 0. The summed E-state index contributed by atoms with van der Waals surface area (Å²) in [6.45, 7) is 0.0460. The molecule has 15 heavy (non-hydrogen) atoms. The number of carbonyl (C=O) groups excluding carboxylic acids is 2. The summed E-state index contributed by atoms with van der Waals surface area (Å²) in [5, 5.41) is 2.77. The van der Waals surface area contributed by atoms with Gasteiger partial charge >= 0.3 is 0 Å². The van der Waals surface area contributed by atoms with Gasteiger partial charge < -0.3 is 10.1 Å². The molecular weight excluding hydrogens is 194 g/mol. The average molecular weight is 205 g/mol. The van der Waals surface area contributed by atoms with Crippen LogP contribution in [0, 0.1) is 0 Å². The Hall–Kier alpha value is -1.84. The van der Waals surface area contributed by atoms with Gasteiger partial charge in [-0.25, -0.2) is 0 Å². The summed E-state index contributed by atoms with van der Waals surface area (Å²) in [5.74, 6) is 0.703. The third kappa shape index (κ3) is 1.98. The number of fused-ring (bicyclic) bond motifs is 1.